The summed E-state index contributed by atoms with van der Waals surface area (Å²) in [4.78, 5) is 3.76. The second kappa shape index (κ2) is 4.43. The van der Waals surface area contributed by atoms with Gasteiger partial charge in [0.2, 0.25) is 5.88 Å². The summed E-state index contributed by atoms with van der Waals surface area (Å²) in [6.45, 7) is 7.09. The van der Waals surface area contributed by atoms with Crippen LogP contribution < -0.4 is 5.46 Å². The maximum absolute atomic E-state index is 9.89. The summed E-state index contributed by atoms with van der Waals surface area (Å²) in [6, 6.07) is 3.25. The van der Waals surface area contributed by atoms with Gasteiger partial charge in [-0.3, -0.25) is 0 Å². The van der Waals surface area contributed by atoms with Gasteiger partial charge in [-0.15, -0.1) is 0 Å². The molecule has 0 aromatic carbocycles. The predicted molar refractivity (Wildman–Crippen MR) is 64.1 cm³/mol. The Kier molecular flexibility index (Phi) is 3.60. The van der Waals surface area contributed by atoms with Gasteiger partial charge in [-0.1, -0.05) is 6.07 Å². The fourth-order valence-corrected chi connectivity index (χ4v) is 0.942. The standard InChI is InChI=1S/C11H18BNO3/c1-10(2,15)11(3,4)16-12-8-5-6-9(14)13-7-8/h5-7,12,15H,1-4H3,(H,13,14). The Hall–Kier alpha value is -1.07. The van der Waals surface area contributed by atoms with Crippen molar-refractivity contribution >= 4 is 12.9 Å². The number of pyridine rings is 1. The maximum Gasteiger partial charge on any atom is 0.311 e. The minimum absolute atomic E-state index is 0.00880. The lowest BCUT2D eigenvalue weighted by Gasteiger charge is -2.37. The van der Waals surface area contributed by atoms with Gasteiger partial charge in [-0.05, 0) is 39.2 Å². The molecular weight excluding hydrogens is 205 g/mol. The van der Waals surface area contributed by atoms with E-state index in [2.05, 4.69) is 4.98 Å². The molecule has 0 radical (unpaired) electrons. The second-order valence-corrected chi connectivity index (χ2v) is 4.88. The normalized spacial score (nSPS) is 12.6. The fraction of sp³-hybridized carbons (Fsp3) is 0.545. The number of aromatic nitrogens is 1. The Bertz CT molecular complexity index is 343. The SMILES string of the molecule is CC(C)(O)C(C)(C)OBc1ccc(O)nc1. The third kappa shape index (κ3) is 3.22. The van der Waals surface area contributed by atoms with Gasteiger partial charge in [-0.25, -0.2) is 4.98 Å². The van der Waals surface area contributed by atoms with E-state index in [1.807, 2.05) is 13.8 Å². The Morgan fingerprint density at radius 3 is 2.31 bits per heavy atom. The zero-order valence-electron chi connectivity index (χ0n) is 10.2. The van der Waals surface area contributed by atoms with Crippen LogP contribution in [0.2, 0.25) is 0 Å². The van der Waals surface area contributed by atoms with Crippen molar-refractivity contribution < 1.29 is 14.9 Å². The van der Waals surface area contributed by atoms with Crippen LogP contribution in [0.25, 0.3) is 0 Å². The first-order valence-electron chi connectivity index (χ1n) is 5.22. The zero-order chi connectivity index (χ0) is 12.4. The molecule has 0 atom stereocenters. The van der Waals surface area contributed by atoms with E-state index >= 15 is 0 Å². The summed E-state index contributed by atoms with van der Waals surface area (Å²) in [5, 5.41) is 18.9. The summed E-state index contributed by atoms with van der Waals surface area (Å²) >= 11 is 0. The van der Waals surface area contributed by atoms with Crippen LogP contribution in [0.5, 0.6) is 5.88 Å². The van der Waals surface area contributed by atoms with E-state index in [9.17, 15) is 5.11 Å². The molecule has 0 amide bonds. The van der Waals surface area contributed by atoms with Crippen molar-refractivity contribution in [2.75, 3.05) is 0 Å². The number of hydrogen-bond acceptors (Lipinski definition) is 4. The highest BCUT2D eigenvalue weighted by Gasteiger charge is 2.35. The number of aliphatic hydroxyl groups is 1. The summed E-state index contributed by atoms with van der Waals surface area (Å²) in [7, 11) is 0.351. The lowest BCUT2D eigenvalue weighted by molar-refractivity contribution is -0.0893. The smallest absolute Gasteiger partial charge is 0.311 e. The van der Waals surface area contributed by atoms with Gasteiger partial charge in [-0.2, -0.15) is 0 Å². The number of rotatable bonds is 4. The summed E-state index contributed by atoms with van der Waals surface area (Å²) in [5.41, 5.74) is -0.711. The molecule has 0 saturated heterocycles. The molecule has 88 valence electrons. The van der Waals surface area contributed by atoms with Gasteiger partial charge in [0, 0.05) is 6.20 Å². The fourth-order valence-electron chi connectivity index (χ4n) is 0.942. The lowest BCUT2D eigenvalue weighted by Crippen LogP contribution is -2.49. The average molecular weight is 223 g/mol. The van der Waals surface area contributed by atoms with Gasteiger partial charge in [0.15, 0.2) is 0 Å². The van der Waals surface area contributed by atoms with Crippen LogP contribution >= 0.6 is 0 Å². The topological polar surface area (TPSA) is 62.6 Å². The van der Waals surface area contributed by atoms with Crippen molar-refractivity contribution in [3.8, 4) is 5.88 Å². The first kappa shape index (κ1) is 13.0. The Morgan fingerprint density at radius 2 is 1.88 bits per heavy atom. The third-order valence-corrected chi connectivity index (χ3v) is 2.88. The van der Waals surface area contributed by atoms with Crippen molar-refractivity contribution in [2.45, 2.75) is 38.9 Å². The van der Waals surface area contributed by atoms with E-state index in [-0.39, 0.29) is 5.88 Å². The average Bonchev–Trinajstić information content (AvgIpc) is 2.15. The predicted octanol–water partition coefficient (Wildman–Crippen LogP) is 0.330. The molecule has 4 nitrogen and oxygen atoms in total. The van der Waals surface area contributed by atoms with E-state index in [1.165, 1.54) is 6.07 Å². The Labute approximate surface area is 96.6 Å². The van der Waals surface area contributed by atoms with Crippen LogP contribution in [0.15, 0.2) is 18.3 Å². The third-order valence-electron chi connectivity index (χ3n) is 2.88. The number of hydrogen-bond donors (Lipinski definition) is 2. The summed E-state index contributed by atoms with van der Waals surface area (Å²) in [6.07, 6.45) is 1.55. The molecule has 0 spiro atoms. The van der Waals surface area contributed by atoms with Crippen molar-refractivity contribution in [3.05, 3.63) is 18.3 Å². The van der Waals surface area contributed by atoms with Crippen LogP contribution in [-0.4, -0.2) is 33.9 Å². The van der Waals surface area contributed by atoms with Gasteiger partial charge >= 0.3 is 7.48 Å². The van der Waals surface area contributed by atoms with Crippen LogP contribution in [0.4, 0.5) is 0 Å². The van der Waals surface area contributed by atoms with Crippen LogP contribution in [0.1, 0.15) is 27.7 Å². The first-order valence-corrected chi connectivity index (χ1v) is 5.22. The molecule has 1 rings (SSSR count). The van der Waals surface area contributed by atoms with Gasteiger partial charge in [0.25, 0.3) is 0 Å². The number of nitrogens with zero attached hydrogens (tertiary/aromatic N) is 1. The molecule has 0 aliphatic rings. The van der Waals surface area contributed by atoms with Crippen LogP contribution in [-0.2, 0) is 4.65 Å². The summed E-state index contributed by atoms with van der Waals surface area (Å²) < 4.78 is 5.65. The molecule has 1 aromatic rings. The quantitative estimate of drug-likeness (QED) is 0.722. The molecule has 1 aromatic heterocycles. The monoisotopic (exact) mass is 223 g/mol. The molecule has 0 fully saturated rings. The highest BCUT2D eigenvalue weighted by atomic mass is 16.5. The van der Waals surface area contributed by atoms with E-state index < -0.39 is 11.2 Å². The van der Waals surface area contributed by atoms with Gasteiger partial charge in [0.1, 0.15) is 0 Å². The van der Waals surface area contributed by atoms with E-state index in [1.54, 1.807) is 26.1 Å². The van der Waals surface area contributed by atoms with Crippen LogP contribution in [0, 0.1) is 0 Å². The molecule has 0 saturated carbocycles. The van der Waals surface area contributed by atoms with E-state index in [4.69, 9.17) is 9.76 Å². The molecule has 5 heteroatoms. The lowest BCUT2D eigenvalue weighted by atomic mass is 9.83. The molecule has 0 unspecified atom stereocenters. The van der Waals surface area contributed by atoms with Crippen molar-refractivity contribution in [3.63, 3.8) is 0 Å². The largest absolute Gasteiger partial charge is 0.493 e. The molecule has 0 bridgehead atoms. The summed E-state index contributed by atoms with van der Waals surface area (Å²) in [5.74, 6) is -0.00880. The highest BCUT2D eigenvalue weighted by molar-refractivity contribution is 6.46. The van der Waals surface area contributed by atoms with Crippen LogP contribution in [0.3, 0.4) is 0 Å². The second-order valence-electron chi connectivity index (χ2n) is 4.88. The van der Waals surface area contributed by atoms with E-state index in [0.717, 1.165) is 5.46 Å². The van der Waals surface area contributed by atoms with Crippen molar-refractivity contribution in [2.24, 2.45) is 0 Å². The molecule has 1 heterocycles. The molecule has 0 aliphatic heterocycles. The minimum Gasteiger partial charge on any atom is -0.493 e. The zero-order valence-corrected chi connectivity index (χ0v) is 10.2. The first-order chi connectivity index (χ1) is 7.22. The minimum atomic E-state index is -0.919. The molecule has 0 aliphatic carbocycles. The van der Waals surface area contributed by atoms with Crippen molar-refractivity contribution in [1.82, 2.24) is 4.98 Å². The van der Waals surface area contributed by atoms with Gasteiger partial charge < -0.3 is 14.9 Å². The van der Waals surface area contributed by atoms with Crippen molar-refractivity contribution in [1.29, 1.82) is 0 Å². The van der Waals surface area contributed by atoms with Gasteiger partial charge in [0.05, 0.1) is 11.2 Å². The molecule has 16 heavy (non-hydrogen) atoms. The Balaban J connectivity index is 2.61. The van der Waals surface area contributed by atoms with E-state index in [0.29, 0.717) is 7.48 Å². The molecule has 2 N–H and O–H groups in total. The Morgan fingerprint density at radius 1 is 1.25 bits per heavy atom. The highest BCUT2D eigenvalue weighted by Crippen LogP contribution is 2.24. The molecular formula is C11H18BNO3. The maximum atomic E-state index is 9.89. The number of aromatic hydroxyl groups is 1.